The number of urea groups is 1. The molecule has 28 heavy (non-hydrogen) atoms. The van der Waals surface area contributed by atoms with E-state index in [-0.39, 0.29) is 11.4 Å². The van der Waals surface area contributed by atoms with Gasteiger partial charge < -0.3 is 10.1 Å². The number of pyridine rings is 1. The van der Waals surface area contributed by atoms with Crippen LogP contribution in [0.15, 0.2) is 42.7 Å². The highest BCUT2D eigenvalue weighted by molar-refractivity contribution is 5.99. The zero-order chi connectivity index (χ0) is 20.1. The van der Waals surface area contributed by atoms with E-state index in [1.807, 2.05) is 6.07 Å². The lowest BCUT2D eigenvalue weighted by Gasteiger charge is -2.11. The van der Waals surface area contributed by atoms with Gasteiger partial charge in [0, 0.05) is 11.4 Å². The summed E-state index contributed by atoms with van der Waals surface area (Å²) < 4.78 is 40.2. The van der Waals surface area contributed by atoms with Crippen LogP contribution in [0.2, 0.25) is 0 Å². The van der Waals surface area contributed by atoms with Crippen molar-refractivity contribution in [2.24, 2.45) is 0 Å². The molecule has 2 aromatic heterocycles. The number of amides is 2. The minimum absolute atomic E-state index is 0.284. The summed E-state index contributed by atoms with van der Waals surface area (Å²) in [7, 11) is 0. The van der Waals surface area contributed by atoms with Crippen molar-refractivity contribution >= 4 is 17.5 Å². The molecule has 0 aliphatic heterocycles. The molecule has 2 amide bonds. The molecule has 0 saturated heterocycles. The van der Waals surface area contributed by atoms with Crippen LogP contribution in [0.4, 0.5) is 29.5 Å². The Morgan fingerprint density at radius 3 is 2.57 bits per heavy atom. The van der Waals surface area contributed by atoms with Crippen molar-refractivity contribution in [3.8, 4) is 5.75 Å². The standard InChI is InChI=1S/C16H14F3N7O2/c1-10-6-11(8-26-21-9-20-25-26)7-14(22-10)24-15(27)23-12-2-4-13(5-3-12)28-16(17,18)19/h2-7,9H,8H2,1H3,(H2,22,23,24,27). The Morgan fingerprint density at radius 2 is 1.93 bits per heavy atom. The molecule has 0 saturated carbocycles. The first kappa shape index (κ1) is 19.1. The lowest BCUT2D eigenvalue weighted by molar-refractivity contribution is -0.274. The third-order valence-corrected chi connectivity index (χ3v) is 3.32. The maximum absolute atomic E-state index is 12.2. The second-order valence-corrected chi connectivity index (χ2v) is 5.62. The van der Waals surface area contributed by atoms with Gasteiger partial charge >= 0.3 is 12.4 Å². The molecular weight excluding hydrogens is 379 g/mol. The number of carbonyl (C=O) groups is 1. The second kappa shape index (κ2) is 7.90. The number of halogens is 3. The lowest BCUT2D eigenvalue weighted by Crippen LogP contribution is -2.20. The Morgan fingerprint density at radius 1 is 1.18 bits per heavy atom. The molecule has 2 heterocycles. The fraction of sp³-hybridized carbons (Fsp3) is 0.188. The summed E-state index contributed by atoms with van der Waals surface area (Å²) in [6.45, 7) is 2.11. The second-order valence-electron chi connectivity index (χ2n) is 5.62. The van der Waals surface area contributed by atoms with E-state index in [1.54, 1.807) is 13.0 Å². The minimum Gasteiger partial charge on any atom is -0.406 e. The van der Waals surface area contributed by atoms with Gasteiger partial charge in [0.1, 0.15) is 11.6 Å². The summed E-state index contributed by atoms with van der Waals surface area (Å²) in [5.74, 6) is -0.0881. The molecule has 0 spiro atoms. The van der Waals surface area contributed by atoms with E-state index < -0.39 is 12.4 Å². The number of tetrazole rings is 1. The third-order valence-electron chi connectivity index (χ3n) is 3.32. The molecular formula is C16H14F3N7O2. The van der Waals surface area contributed by atoms with E-state index in [4.69, 9.17) is 0 Å². The maximum Gasteiger partial charge on any atom is 0.573 e. The van der Waals surface area contributed by atoms with E-state index >= 15 is 0 Å². The molecule has 0 aliphatic carbocycles. The van der Waals surface area contributed by atoms with Gasteiger partial charge in [-0.2, -0.15) is 4.80 Å². The third kappa shape index (κ3) is 5.65. The van der Waals surface area contributed by atoms with Crippen LogP contribution < -0.4 is 15.4 Å². The molecule has 1 aromatic carbocycles. The zero-order valence-corrected chi connectivity index (χ0v) is 14.4. The molecule has 9 nitrogen and oxygen atoms in total. The van der Waals surface area contributed by atoms with Crippen LogP contribution in [0.3, 0.4) is 0 Å². The monoisotopic (exact) mass is 393 g/mol. The van der Waals surface area contributed by atoms with Gasteiger partial charge in [-0.1, -0.05) is 0 Å². The van der Waals surface area contributed by atoms with E-state index in [0.29, 0.717) is 18.1 Å². The van der Waals surface area contributed by atoms with E-state index in [0.717, 1.165) is 17.7 Å². The molecule has 3 rings (SSSR count). The van der Waals surface area contributed by atoms with Crippen molar-refractivity contribution in [3.63, 3.8) is 0 Å². The number of alkyl halides is 3. The maximum atomic E-state index is 12.2. The minimum atomic E-state index is -4.78. The molecule has 146 valence electrons. The Bertz CT molecular complexity index is 944. The highest BCUT2D eigenvalue weighted by Crippen LogP contribution is 2.24. The highest BCUT2D eigenvalue weighted by atomic mass is 19.4. The van der Waals surface area contributed by atoms with Gasteiger partial charge in [-0.3, -0.25) is 5.32 Å². The molecule has 2 N–H and O–H groups in total. The SMILES string of the molecule is Cc1cc(Cn2ncnn2)cc(NC(=O)Nc2ccc(OC(F)(F)F)cc2)n1. The summed E-state index contributed by atoms with van der Waals surface area (Å²) in [6, 6.07) is 7.61. The Kier molecular flexibility index (Phi) is 5.38. The number of benzene rings is 1. The van der Waals surface area contributed by atoms with Gasteiger partial charge in [0.2, 0.25) is 0 Å². The quantitative estimate of drug-likeness (QED) is 0.690. The predicted octanol–water partition coefficient (Wildman–Crippen LogP) is 2.97. The number of anilines is 2. The highest BCUT2D eigenvalue weighted by Gasteiger charge is 2.30. The van der Waals surface area contributed by atoms with Gasteiger partial charge in [0.25, 0.3) is 0 Å². The summed E-state index contributed by atoms with van der Waals surface area (Å²) >= 11 is 0. The first-order valence-electron chi connectivity index (χ1n) is 7.89. The zero-order valence-electron chi connectivity index (χ0n) is 14.4. The lowest BCUT2D eigenvalue weighted by atomic mass is 10.2. The van der Waals surface area contributed by atoms with Crippen LogP contribution in [0.25, 0.3) is 0 Å². The average molecular weight is 393 g/mol. The van der Waals surface area contributed by atoms with Gasteiger partial charge in [-0.25, -0.2) is 9.78 Å². The van der Waals surface area contributed by atoms with E-state index in [9.17, 15) is 18.0 Å². The van der Waals surface area contributed by atoms with E-state index in [2.05, 4.69) is 35.8 Å². The molecule has 3 aromatic rings. The van der Waals surface area contributed by atoms with Crippen molar-refractivity contribution in [3.05, 3.63) is 54.0 Å². The molecule has 0 radical (unpaired) electrons. The van der Waals surface area contributed by atoms with Crippen molar-refractivity contribution in [1.82, 2.24) is 25.2 Å². The summed E-state index contributed by atoms with van der Waals surface area (Å²) in [5.41, 5.74) is 1.75. The first-order chi connectivity index (χ1) is 13.3. The van der Waals surface area contributed by atoms with Crippen LogP contribution in [0, 0.1) is 6.92 Å². The average Bonchev–Trinajstić information content (AvgIpc) is 3.07. The summed E-state index contributed by atoms with van der Waals surface area (Å²) in [4.78, 5) is 17.7. The normalized spacial score (nSPS) is 11.1. The molecule has 0 unspecified atom stereocenters. The fourth-order valence-electron chi connectivity index (χ4n) is 2.34. The number of rotatable bonds is 5. The van der Waals surface area contributed by atoms with Crippen molar-refractivity contribution < 1.29 is 22.7 Å². The Labute approximate surface area is 156 Å². The van der Waals surface area contributed by atoms with Crippen LogP contribution in [0.1, 0.15) is 11.3 Å². The van der Waals surface area contributed by atoms with Gasteiger partial charge in [0.15, 0.2) is 6.33 Å². The number of carbonyl (C=O) groups excluding carboxylic acids is 1. The summed E-state index contributed by atoms with van der Waals surface area (Å²) in [5, 5.41) is 16.4. The number of ether oxygens (including phenoxy) is 1. The molecule has 0 aliphatic rings. The fourth-order valence-corrected chi connectivity index (χ4v) is 2.34. The number of hydrogen-bond acceptors (Lipinski definition) is 6. The number of aromatic nitrogens is 5. The van der Waals surface area contributed by atoms with Gasteiger partial charge in [-0.15, -0.1) is 23.4 Å². The number of hydrogen-bond donors (Lipinski definition) is 2. The topological polar surface area (TPSA) is 107 Å². The smallest absolute Gasteiger partial charge is 0.406 e. The van der Waals surface area contributed by atoms with Crippen molar-refractivity contribution in [1.29, 1.82) is 0 Å². The predicted molar refractivity (Wildman–Crippen MR) is 91.7 cm³/mol. The number of nitrogens with one attached hydrogen (secondary N) is 2. The largest absolute Gasteiger partial charge is 0.573 e. The van der Waals surface area contributed by atoms with Crippen LogP contribution in [-0.4, -0.2) is 37.6 Å². The van der Waals surface area contributed by atoms with Crippen molar-refractivity contribution in [2.75, 3.05) is 10.6 Å². The van der Waals surface area contributed by atoms with Gasteiger partial charge in [0.05, 0.1) is 6.54 Å². The first-order valence-corrected chi connectivity index (χ1v) is 7.89. The van der Waals surface area contributed by atoms with E-state index in [1.165, 1.54) is 23.3 Å². The number of nitrogens with zero attached hydrogens (tertiary/aromatic N) is 5. The molecule has 12 heteroatoms. The van der Waals surface area contributed by atoms with Crippen LogP contribution in [0.5, 0.6) is 5.75 Å². The van der Waals surface area contributed by atoms with Crippen LogP contribution >= 0.6 is 0 Å². The Hall–Kier alpha value is -3.70. The van der Waals surface area contributed by atoms with Gasteiger partial charge in [-0.05, 0) is 54.1 Å². The molecule has 0 bridgehead atoms. The van der Waals surface area contributed by atoms with Crippen LogP contribution in [-0.2, 0) is 6.54 Å². The molecule has 0 atom stereocenters. The summed E-state index contributed by atoms with van der Waals surface area (Å²) in [6.07, 6.45) is -3.46. The molecule has 0 fully saturated rings. The van der Waals surface area contributed by atoms with Crippen molar-refractivity contribution in [2.45, 2.75) is 19.8 Å². The number of aryl methyl sites for hydroxylation is 1. The Balaban J connectivity index is 1.62.